The van der Waals surface area contributed by atoms with E-state index in [0.29, 0.717) is 56.4 Å². The molecule has 1 N–H and O–H groups in total. The molecule has 1 aromatic carbocycles. The van der Waals surface area contributed by atoms with Gasteiger partial charge in [-0.2, -0.15) is 0 Å². The molecule has 2 aliphatic heterocycles. The SMILES string of the molecule is CC1CC(C)(C)CC2(C1)NC(=O)N(CN1CCN(C(=O)c3ccc(C(C)C)cc3)CC1)C2=O. The predicted octanol–water partition coefficient (Wildman–Crippen LogP) is 3.66. The maximum Gasteiger partial charge on any atom is 0.326 e. The zero-order valence-electron chi connectivity index (χ0n) is 20.7. The van der Waals surface area contributed by atoms with Gasteiger partial charge in [0, 0.05) is 31.7 Å². The van der Waals surface area contributed by atoms with Gasteiger partial charge < -0.3 is 10.2 Å². The van der Waals surface area contributed by atoms with Gasteiger partial charge in [0.2, 0.25) is 0 Å². The Labute approximate surface area is 197 Å². The van der Waals surface area contributed by atoms with E-state index in [4.69, 9.17) is 0 Å². The molecule has 33 heavy (non-hydrogen) atoms. The van der Waals surface area contributed by atoms with Gasteiger partial charge in [0.1, 0.15) is 5.54 Å². The molecule has 180 valence electrons. The van der Waals surface area contributed by atoms with Crippen LogP contribution in [0.4, 0.5) is 4.79 Å². The number of urea groups is 1. The number of imide groups is 1. The van der Waals surface area contributed by atoms with Gasteiger partial charge in [-0.1, -0.05) is 46.8 Å². The van der Waals surface area contributed by atoms with Crippen LogP contribution in [-0.2, 0) is 4.79 Å². The smallest absolute Gasteiger partial charge is 0.326 e. The van der Waals surface area contributed by atoms with Gasteiger partial charge in [-0.25, -0.2) is 9.69 Å². The number of hydrogen-bond donors (Lipinski definition) is 1. The lowest BCUT2D eigenvalue weighted by molar-refractivity contribution is -0.136. The first-order valence-electron chi connectivity index (χ1n) is 12.3. The van der Waals surface area contributed by atoms with Gasteiger partial charge in [0.25, 0.3) is 11.8 Å². The second kappa shape index (κ2) is 8.75. The van der Waals surface area contributed by atoms with E-state index in [1.165, 1.54) is 10.5 Å². The van der Waals surface area contributed by atoms with Gasteiger partial charge >= 0.3 is 6.03 Å². The van der Waals surface area contributed by atoms with Crippen molar-refractivity contribution in [1.82, 2.24) is 20.0 Å². The predicted molar refractivity (Wildman–Crippen MR) is 128 cm³/mol. The summed E-state index contributed by atoms with van der Waals surface area (Å²) in [6.45, 7) is 13.5. The van der Waals surface area contributed by atoms with Crippen LogP contribution in [0.5, 0.6) is 0 Å². The molecule has 3 aliphatic rings. The van der Waals surface area contributed by atoms with Crippen molar-refractivity contribution in [2.75, 3.05) is 32.8 Å². The topological polar surface area (TPSA) is 73.0 Å². The average Bonchev–Trinajstić information content (AvgIpc) is 2.95. The van der Waals surface area contributed by atoms with Crippen molar-refractivity contribution in [1.29, 1.82) is 0 Å². The second-order valence-corrected chi connectivity index (χ2v) is 11.4. The molecule has 2 heterocycles. The quantitative estimate of drug-likeness (QED) is 0.705. The molecule has 2 atom stereocenters. The number of hydrogen-bond acceptors (Lipinski definition) is 4. The van der Waals surface area contributed by atoms with Crippen molar-refractivity contribution in [2.45, 2.75) is 65.3 Å². The molecule has 1 saturated carbocycles. The van der Waals surface area contributed by atoms with Crippen LogP contribution in [0.15, 0.2) is 24.3 Å². The molecular weight excluding hydrogens is 416 g/mol. The van der Waals surface area contributed by atoms with Crippen LogP contribution in [0.3, 0.4) is 0 Å². The summed E-state index contributed by atoms with van der Waals surface area (Å²) in [6, 6.07) is 7.57. The van der Waals surface area contributed by atoms with Crippen LogP contribution < -0.4 is 5.32 Å². The highest BCUT2D eigenvalue weighted by molar-refractivity contribution is 6.07. The summed E-state index contributed by atoms with van der Waals surface area (Å²) >= 11 is 0. The Morgan fingerprint density at radius 3 is 2.27 bits per heavy atom. The number of nitrogens with one attached hydrogen (secondary N) is 1. The van der Waals surface area contributed by atoms with Crippen LogP contribution in [0.2, 0.25) is 0 Å². The van der Waals surface area contributed by atoms with Crippen molar-refractivity contribution in [3.05, 3.63) is 35.4 Å². The van der Waals surface area contributed by atoms with Gasteiger partial charge in [-0.3, -0.25) is 14.5 Å². The fraction of sp³-hybridized carbons (Fsp3) is 0.654. The lowest BCUT2D eigenvalue weighted by atomic mass is 9.64. The fourth-order valence-electron chi connectivity index (χ4n) is 6.12. The van der Waals surface area contributed by atoms with E-state index in [-0.39, 0.29) is 29.9 Å². The zero-order valence-corrected chi connectivity index (χ0v) is 20.7. The van der Waals surface area contributed by atoms with E-state index in [0.717, 1.165) is 6.42 Å². The Morgan fingerprint density at radius 2 is 1.70 bits per heavy atom. The van der Waals surface area contributed by atoms with E-state index in [1.807, 2.05) is 29.2 Å². The first-order chi connectivity index (χ1) is 15.5. The molecule has 0 bridgehead atoms. The Morgan fingerprint density at radius 1 is 1.06 bits per heavy atom. The standard InChI is InChI=1S/C26H38N4O3/c1-18(2)20-6-8-21(9-7-20)22(31)29-12-10-28(11-13-29)17-30-23(32)26(27-24(30)33)15-19(3)14-25(4,5)16-26/h6-9,18-19H,10-17H2,1-5H3,(H,27,33). The van der Waals surface area contributed by atoms with E-state index in [2.05, 4.69) is 44.8 Å². The highest BCUT2D eigenvalue weighted by atomic mass is 16.2. The average molecular weight is 455 g/mol. The monoisotopic (exact) mass is 454 g/mol. The molecule has 1 aromatic rings. The van der Waals surface area contributed by atoms with Gasteiger partial charge in [-0.15, -0.1) is 0 Å². The third-order valence-corrected chi connectivity index (χ3v) is 7.45. The molecule has 1 spiro atoms. The van der Waals surface area contributed by atoms with Crippen molar-refractivity contribution in [3.63, 3.8) is 0 Å². The van der Waals surface area contributed by atoms with Crippen molar-refractivity contribution >= 4 is 17.8 Å². The van der Waals surface area contributed by atoms with Crippen molar-refractivity contribution < 1.29 is 14.4 Å². The largest absolute Gasteiger partial charge is 0.336 e. The number of carbonyl (C=O) groups excluding carboxylic acids is 3. The third kappa shape index (κ3) is 4.79. The molecule has 0 aromatic heterocycles. The van der Waals surface area contributed by atoms with Gasteiger partial charge in [-0.05, 0) is 54.2 Å². The van der Waals surface area contributed by atoms with Crippen molar-refractivity contribution in [2.24, 2.45) is 11.3 Å². The Bertz CT molecular complexity index is 918. The summed E-state index contributed by atoms with van der Waals surface area (Å²) in [7, 11) is 0. The molecule has 2 saturated heterocycles. The number of benzene rings is 1. The summed E-state index contributed by atoms with van der Waals surface area (Å²) in [5, 5.41) is 3.05. The van der Waals surface area contributed by atoms with E-state index >= 15 is 0 Å². The fourth-order valence-corrected chi connectivity index (χ4v) is 6.12. The first-order valence-corrected chi connectivity index (χ1v) is 12.3. The maximum absolute atomic E-state index is 13.4. The van der Waals surface area contributed by atoms with E-state index < -0.39 is 5.54 Å². The molecule has 4 amide bonds. The molecule has 7 heteroatoms. The Kier molecular flexibility index (Phi) is 6.29. The number of amides is 4. The number of carbonyl (C=O) groups is 3. The summed E-state index contributed by atoms with van der Waals surface area (Å²) in [5.41, 5.74) is 1.19. The highest BCUT2D eigenvalue weighted by Crippen LogP contribution is 2.46. The molecule has 1 aliphatic carbocycles. The number of piperazine rings is 1. The maximum atomic E-state index is 13.4. The van der Waals surface area contributed by atoms with E-state index in [1.54, 1.807) is 0 Å². The minimum absolute atomic E-state index is 0.0238. The van der Waals surface area contributed by atoms with Crippen LogP contribution in [0.25, 0.3) is 0 Å². The second-order valence-electron chi connectivity index (χ2n) is 11.4. The van der Waals surface area contributed by atoms with Crippen LogP contribution >= 0.6 is 0 Å². The highest BCUT2D eigenvalue weighted by Gasteiger charge is 2.56. The lowest BCUT2D eigenvalue weighted by Gasteiger charge is -2.44. The molecule has 2 unspecified atom stereocenters. The first kappa shape index (κ1) is 23.7. The van der Waals surface area contributed by atoms with Crippen molar-refractivity contribution in [3.8, 4) is 0 Å². The van der Waals surface area contributed by atoms with Crippen LogP contribution in [-0.4, -0.2) is 70.9 Å². The normalized spacial score (nSPS) is 28.0. The molecule has 7 nitrogen and oxygen atoms in total. The molecule has 0 radical (unpaired) electrons. The summed E-state index contributed by atoms with van der Waals surface area (Å²) in [6.07, 6.45) is 2.45. The number of nitrogens with zero attached hydrogens (tertiary/aromatic N) is 3. The Hall–Kier alpha value is -2.41. The van der Waals surface area contributed by atoms with Crippen LogP contribution in [0, 0.1) is 11.3 Å². The summed E-state index contributed by atoms with van der Waals surface area (Å²) in [5.74, 6) is 0.778. The number of rotatable bonds is 4. The lowest BCUT2D eigenvalue weighted by Crippen LogP contribution is -2.55. The molecule has 3 fully saturated rings. The summed E-state index contributed by atoms with van der Waals surface area (Å²) in [4.78, 5) is 44.4. The minimum atomic E-state index is -0.766. The summed E-state index contributed by atoms with van der Waals surface area (Å²) < 4.78 is 0. The zero-order chi connectivity index (χ0) is 24.0. The minimum Gasteiger partial charge on any atom is -0.336 e. The van der Waals surface area contributed by atoms with E-state index in [9.17, 15) is 14.4 Å². The van der Waals surface area contributed by atoms with Crippen LogP contribution in [0.1, 0.15) is 75.7 Å². The van der Waals surface area contributed by atoms with Gasteiger partial charge in [0.15, 0.2) is 0 Å². The molecular formula is C26H38N4O3. The molecule has 4 rings (SSSR count). The Balaban J connectivity index is 1.35. The third-order valence-electron chi connectivity index (χ3n) is 7.45. The van der Waals surface area contributed by atoms with Gasteiger partial charge in [0.05, 0.1) is 6.67 Å².